The first-order valence-corrected chi connectivity index (χ1v) is 7.89. The van der Waals surface area contributed by atoms with Gasteiger partial charge in [-0.05, 0) is 44.9 Å². The number of aliphatic hydroxyl groups is 1. The second-order valence-corrected chi connectivity index (χ2v) is 6.93. The van der Waals surface area contributed by atoms with Crippen LogP contribution in [0.3, 0.4) is 0 Å². The van der Waals surface area contributed by atoms with E-state index in [4.69, 9.17) is 4.74 Å². The molecule has 1 aliphatic heterocycles. The molecule has 22 heavy (non-hydrogen) atoms. The highest BCUT2D eigenvalue weighted by Crippen LogP contribution is 2.50. The number of allylic oxidation sites excluding steroid dienone is 1. The van der Waals surface area contributed by atoms with Crippen molar-refractivity contribution in [2.24, 2.45) is 0 Å². The van der Waals surface area contributed by atoms with Gasteiger partial charge >= 0.3 is 0 Å². The van der Waals surface area contributed by atoms with Crippen molar-refractivity contribution in [2.45, 2.75) is 45.6 Å². The number of methoxy groups -OCH3 is 1. The first-order chi connectivity index (χ1) is 10.3. The predicted molar refractivity (Wildman–Crippen MR) is 92.0 cm³/mol. The predicted octanol–water partition coefficient (Wildman–Crippen LogP) is 3.26. The van der Waals surface area contributed by atoms with Gasteiger partial charge in [-0.1, -0.05) is 24.6 Å². The van der Waals surface area contributed by atoms with Crippen molar-refractivity contribution in [1.29, 1.82) is 0 Å². The van der Waals surface area contributed by atoms with Crippen molar-refractivity contribution in [3.63, 3.8) is 0 Å². The summed E-state index contributed by atoms with van der Waals surface area (Å²) in [4.78, 5) is 2.22. The highest BCUT2D eigenvalue weighted by Gasteiger charge is 2.54. The smallest absolute Gasteiger partial charge is 0.0717 e. The molecule has 1 aliphatic rings. The lowest BCUT2D eigenvalue weighted by atomic mass is 9.61. The molecular formula is C19H29NO2. The van der Waals surface area contributed by atoms with Gasteiger partial charge in [0.2, 0.25) is 0 Å². The normalized spacial score (nSPS) is 29.8. The molecule has 0 radical (unpaired) electrons. The molecule has 0 bridgehead atoms. The molecule has 0 fully saturated rings. The Morgan fingerprint density at radius 3 is 2.41 bits per heavy atom. The van der Waals surface area contributed by atoms with Crippen molar-refractivity contribution in [2.75, 3.05) is 27.4 Å². The molecule has 0 aromatic heterocycles. The highest BCUT2D eigenvalue weighted by molar-refractivity contribution is 5.74. The summed E-state index contributed by atoms with van der Waals surface area (Å²) >= 11 is 0. The van der Waals surface area contributed by atoms with Crippen molar-refractivity contribution in [3.8, 4) is 0 Å². The number of hydrogen-bond acceptors (Lipinski definition) is 3. The van der Waals surface area contributed by atoms with Gasteiger partial charge in [-0.25, -0.2) is 0 Å². The van der Waals surface area contributed by atoms with Crippen LogP contribution < -0.4 is 0 Å². The van der Waals surface area contributed by atoms with E-state index in [1.54, 1.807) is 7.11 Å². The van der Waals surface area contributed by atoms with Crippen LogP contribution in [0.2, 0.25) is 0 Å². The van der Waals surface area contributed by atoms with E-state index in [9.17, 15) is 5.11 Å². The minimum absolute atomic E-state index is 0.0768. The van der Waals surface area contributed by atoms with E-state index >= 15 is 0 Å². The number of benzene rings is 1. The van der Waals surface area contributed by atoms with Crippen LogP contribution in [0.4, 0.5) is 0 Å². The Hall–Kier alpha value is -1.32. The maximum Gasteiger partial charge on any atom is 0.0717 e. The lowest BCUT2D eigenvalue weighted by Gasteiger charge is -2.57. The van der Waals surface area contributed by atoms with Crippen LogP contribution in [0.25, 0.3) is 5.70 Å². The zero-order chi connectivity index (χ0) is 16.7. The highest BCUT2D eigenvalue weighted by atomic mass is 16.5. The van der Waals surface area contributed by atoms with Gasteiger partial charge in [-0.2, -0.15) is 0 Å². The molecule has 0 saturated heterocycles. The van der Waals surface area contributed by atoms with Crippen LogP contribution in [0.15, 0.2) is 18.2 Å². The standard InChI is InChI=1S/C19H29NO2/c1-8-16-15-10-13(2)9-14(3)17(15)18(4,12-22-7)19(5,11-21)20(16)6/h8-10,21H,11-12H2,1-7H3/b16-8-. The lowest BCUT2D eigenvalue weighted by molar-refractivity contribution is -0.0114. The summed E-state index contributed by atoms with van der Waals surface area (Å²) in [5.41, 5.74) is 5.54. The van der Waals surface area contributed by atoms with Crippen LogP contribution in [0, 0.1) is 13.8 Å². The molecule has 1 N–H and O–H groups in total. The average Bonchev–Trinajstić information content (AvgIpc) is 2.45. The molecule has 0 aliphatic carbocycles. The number of aryl methyl sites for hydroxylation is 2. The second-order valence-electron chi connectivity index (χ2n) is 6.93. The number of aliphatic hydroxyl groups excluding tert-OH is 1. The number of ether oxygens (including phenoxy) is 1. The van der Waals surface area contributed by atoms with Crippen LogP contribution in [0.5, 0.6) is 0 Å². The van der Waals surface area contributed by atoms with E-state index in [-0.39, 0.29) is 12.0 Å². The van der Waals surface area contributed by atoms with Gasteiger partial charge in [-0.3, -0.25) is 0 Å². The Morgan fingerprint density at radius 1 is 1.27 bits per heavy atom. The molecule has 0 spiro atoms. The van der Waals surface area contributed by atoms with Crippen molar-refractivity contribution in [1.82, 2.24) is 4.90 Å². The summed E-state index contributed by atoms with van der Waals surface area (Å²) < 4.78 is 5.58. The summed E-state index contributed by atoms with van der Waals surface area (Å²) in [6, 6.07) is 4.47. The molecule has 2 atom stereocenters. The van der Waals surface area contributed by atoms with Crippen LogP contribution >= 0.6 is 0 Å². The molecule has 1 aromatic rings. The monoisotopic (exact) mass is 303 g/mol. The van der Waals surface area contributed by atoms with Crippen molar-refractivity contribution < 1.29 is 9.84 Å². The van der Waals surface area contributed by atoms with E-state index in [1.807, 2.05) is 0 Å². The van der Waals surface area contributed by atoms with Gasteiger partial charge in [0.1, 0.15) is 0 Å². The number of hydrogen-bond donors (Lipinski definition) is 1. The Kier molecular flexibility index (Phi) is 4.42. The third-order valence-electron chi connectivity index (χ3n) is 5.61. The fraction of sp³-hybridized carbons (Fsp3) is 0.579. The number of fused-ring (bicyclic) bond motifs is 1. The Morgan fingerprint density at radius 2 is 1.91 bits per heavy atom. The van der Waals surface area contributed by atoms with Gasteiger partial charge in [-0.15, -0.1) is 0 Å². The van der Waals surface area contributed by atoms with E-state index in [0.29, 0.717) is 6.61 Å². The largest absolute Gasteiger partial charge is 0.394 e. The molecule has 2 unspecified atom stereocenters. The molecule has 0 saturated carbocycles. The Balaban J connectivity index is 2.89. The minimum Gasteiger partial charge on any atom is -0.394 e. The maximum atomic E-state index is 10.2. The maximum absolute atomic E-state index is 10.2. The van der Waals surface area contributed by atoms with Gasteiger partial charge < -0.3 is 14.7 Å². The molecule has 122 valence electrons. The van der Waals surface area contributed by atoms with E-state index in [2.05, 4.69) is 64.8 Å². The van der Waals surface area contributed by atoms with Crippen LogP contribution in [0.1, 0.15) is 43.0 Å². The van der Waals surface area contributed by atoms with E-state index in [1.165, 1.54) is 28.0 Å². The third-order valence-corrected chi connectivity index (χ3v) is 5.61. The summed E-state index contributed by atoms with van der Waals surface area (Å²) in [5, 5.41) is 10.2. The summed E-state index contributed by atoms with van der Waals surface area (Å²) in [7, 11) is 3.80. The Labute approximate surface area is 134 Å². The minimum atomic E-state index is -0.419. The van der Waals surface area contributed by atoms with Gasteiger partial charge in [0.15, 0.2) is 0 Å². The fourth-order valence-electron chi connectivity index (χ4n) is 4.13. The molecule has 1 heterocycles. The molecule has 1 aromatic carbocycles. The third kappa shape index (κ3) is 2.10. The quantitative estimate of drug-likeness (QED) is 0.930. The van der Waals surface area contributed by atoms with Crippen LogP contribution in [-0.4, -0.2) is 42.9 Å². The van der Waals surface area contributed by atoms with Crippen molar-refractivity contribution >= 4 is 5.70 Å². The first-order valence-electron chi connectivity index (χ1n) is 7.89. The number of nitrogens with zero attached hydrogens (tertiary/aromatic N) is 1. The topological polar surface area (TPSA) is 32.7 Å². The molecule has 2 rings (SSSR count). The number of likely N-dealkylation sites (N-methyl/N-ethyl adjacent to an activating group) is 1. The molecule has 3 nitrogen and oxygen atoms in total. The van der Waals surface area contributed by atoms with E-state index in [0.717, 1.165) is 0 Å². The molecule has 0 amide bonds. The lowest BCUT2D eigenvalue weighted by Crippen LogP contribution is -2.64. The van der Waals surface area contributed by atoms with Crippen molar-refractivity contribution in [3.05, 3.63) is 40.5 Å². The summed E-state index contributed by atoms with van der Waals surface area (Å²) in [5.74, 6) is 0. The SMILES string of the molecule is C/C=C1/c2cc(C)cc(C)c2C(C)(COC)C(C)(CO)N1C. The van der Waals surface area contributed by atoms with Gasteiger partial charge in [0.25, 0.3) is 0 Å². The first kappa shape index (κ1) is 17.0. The zero-order valence-electron chi connectivity index (χ0n) is 14.9. The zero-order valence-corrected chi connectivity index (χ0v) is 14.9. The summed E-state index contributed by atoms with van der Waals surface area (Å²) in [6.45, 7) is 11.3. The number of rotatable bonds is 3. The molecular weight excluding hydrogens is 274 g/mol. The van der Waals surface area contributed by atoms with Gasteiger partial charge in [0.05, 0.1) is 18.8 Å². The second kappa shape index (κ2) is 5.71. The van der Waals surface area contributed by atoms with Crippen LogP contribution in [-0.2, 0) is 10.2 Å². The fourth-order valence-corrected chi connectivity index (χ4v) is 4.13. The Bertz CT molecular complexity index is 608. The molecule has 3 heteroatoms. The summed E-state index contributed by atoms with van der Waals surface area (Å²) in [6.07, 6.45) is 2.14. The average molecular weight is 303 g/mol. The van der Waals surface area contributed by atoms with Gasteiger partial charge in [0, 0.05) is 30.8 Å². The van der Waals surface area contributed by atoms with E-state index < -0.39 is 5.54 Å².